The number of aliphatic hydroxyl groups excluding tert-OH is 1. The van der Waals surface area contributed by atoms with E-state index in [1.54, 1.807) is 19.5 Å². The SMILES string of the molecule is COc1ccc(-n2c(SC[C@@H](O)COc3ccc(C)cc3C)nnc2-c2ccncc2)cc1. The Hall–Kier alpha value is -3.36. The Morgan fingerprint density at radius 1 is 1.00 bits per heavy atom. The summed E-state index contributed by atoms with van der Waals surface area (Å²) >= 11 is 1.43. The molecule has 0 fully saturated rings. The van der Waals surface area contributed by atoms with E-state index in [4.69, 9.17) is 9.47 Å². The Balaban J connectivity index is 1.51. The molecule has 1 N–H and O–H groups in total. The molecule has 0 aliphatic rings. The summed E-state index contributed by atoms with van der Waals surface area (Å²) in [7, 11) is 1.64. The number of hydrogen-bond donors (Lipinski definition) is 1. The molecule has 7 nitrogen and oxygen atoms in total. The fraction of sp³-hybridized carbons (Fsp3) is 0.240. The molecule has 0 spiro atoms. The molecular weight excluding hydrogens is 436 g/mol. The minimum Gasteiger partial charge on any atom is -0.497 e. The van der Waals surface area contributed by atoms with Crippen molar-refractivity contribution in [3.8, 4) is 28.6 Å². The summed E-state index contributed by atoms with van der Waals surface area (Å²) < 4.78 is 13.1. The van der Waals surface area contributed by atoms with Gasteiger partial charge in [0, 0.05) is 29.4 Å². The van der Waals surface area contributed by atoms with Gasteiger partial charge < -0.3 is 14.6 Å². The van der Waals surface area contributed by atoms with Crippen molar-refractivity contribution >= 4 is 11.8 Å². The van der Waals surface area contributed by atoms with Crippen molar-refractivity contribution in [3.05, 3.63) is 78.1 Å². The summed E-state index contributed by atoms with van der Waals surface area (Å²) in [6.07, 6.45) is 2.79. The minimum absolute atomic E-state index is 0.199. The maximum Gasteiger partial charge on any atom is 0.196 e. The molecule has 4 rings (SSSR count). The summed E-state index contributed by atoms with van der Waals surface area (Å²) in [6.45, 7) is 4.24. The third kappa shape index (κ3) is 5.53. The van der Waals surface area contributed by atoms with E-state index >= 15 is 0 Å². The quantitative estimate of drug-likeness (QED) is 0.367. The highest BCUT2D eigenvalue weighted by Crippen LogP contribution is 2.29. The Kier molecular flexibility index (Phi) is 7.26. The van der Waals surface area contributed by atoms with E-state index in [1.165, 1.54) is 17.3 Å². The fourth-order valence-electron chi connectivity index (χ4n) is 3.38. The number of benzene rings is 2. The molecule has 0 amide bonds. The number of thioether (sulfide) groups is 1. The fourth-order valence-corrected chi connectivity index (χ4v) is 4.24. The van der Waals surface area contributed by atoms with Crippen LogP contribution in [0, 0.1) is 13.8 Å². The molecule has 2 aromatic carbocycles. The number of pyridine rings is 1. The van der Waals surface area contributed by atoms with E-state index in [2.05, 4.69) is 21.2 Å². The second-order valence-corrected chi connectivity index (χ2v) is 8.61. The van der Waals surface area contributed by atoms with Crippen LogP contribution in [-0.4, -0.2) is 50.4 Å². The zero-order chi connectivity index (χ0) is 23.2. The first-order valence-electron chi connectivity index (χ1n) is 10.6. The van der Waals surface area contributed by atoms with Crippen molar-refractivity contribution in [3.63, 3.8) is 0 Å². The predicted molar refractivity (Wildman–Crippen MR) is 129 cm³/mol. The number of nitrogens with zero attached hydrogens (tertiary/aromatic N) is 4. The summed E-state index contributed by atoms with van der Waals surface area (Å²) in [4.78, 5) is 4.09. The Morgan fingerprint density at radius 2 is 1.76 bits per heavy atom. The normalized spacial score (nSPS) is 11.9. The van der Waals surface area contributed by atoms with Crippen LogP contribution < -0.4 is 9.47 Å². The number of aromatic nitrogens is 4. The second-order valence-electron chi connectivity index (χ2n) is 7.62. The summed E-state index contributed by atoms with van der Waals surface area (Å²) in [5.41, 5.74) is 4.03. The van der Waals surface area contributed by atoms with Gasteiger partial charge in [-0.15, -0.1) is 10.2 Å². The van der Waals surface area contributed by atoms with E-state index in [0.717, 1.165) is 28.3 Å². The number of ether oxygens (including phenoxy) is 2. The topological polar surface area (TPSA) is 82.3 Å². The van der Waals surface area contributed by atoms with Gasteiger partial charge in [0.25, 0.3) is 0 Å². The molecule has 0 radical (unpaired) electrons. The number of rotatable bonds is 9. The first kappa shape index (κ1) is 22.8. The number of methoxy groups -OCH3 is 1. The van der Waals surface area contributed by atoms with Crippen LogP contribution in [0.3, 0.4) is 0 Å². The lowest BCUT2D eigenvalue weighted by Gasteiger charge is -2.15. The molecule has 0 saturated carbocycles. The van der Waals surface area contributed by atoms with Gasteiger partial charge in [0.1, 0.15) is 18.1 Å². The van der Waals surface area contributed by atoms with Crippen LogP contribution >= 0.6 is 11.8 Å². The monoisotopic (exact) mass is 462 g/mol. The number of aliphatic hydroxyl groups is 1. The van der Waals surface area contributed by atoms with Crippen molar-refractivity contribution in [1.82, 2.24) is 19.7 Å². The van der Waals surface area contributed by atoms with E-state index < -0.39 is 6.10 Å². The predicted octanol–water partition coefficient (Wildman–Crippen LogP) is 4.49. The van der Waals surface area contributed by atoms with E-state index in [0.29, 0.717) is 16.7 Å². The van der Waals surface area contributed by atoms with Gasteiger partial charge in [-0.25, -0.2) is 0 Å². The van der Waals surface area contributed by atoms with Crippen molar-refractivity contribution in [2.75, 3.05) is 19.5 Å². The number of aryl methyl sites for hydroxylation is 2. The van der Waals surface area contributed by atoms with Crippen LogP contribution in [0.5, 0.6) is 11.5 Å². The third-order valence-electron chi connectivity index (χ3n) is 5.07. The first-order chi connectivity index (χ1) is 16.0. The van der Waals surface area contributed by atoms with E-state index in [-0.39, 0.29) is 6.61 Å². The van der Waals surface area contributed by atoms with Gasteiger partial charge in [-0.2, -0.15) is 0 Å². The Labute approximate surface area is 197 Å². The lowest BCUT2D eigenvalue weighted by Crippen LogP contribution is -2.20. The molecule has 1 atom stereocenters. The molecular formula is C25H26N4O3S. The zero-order valence-corrected chi connectivity index (χ0v) is 19.6. The van der Waals surface area contributed by atoms with Gasteiger partial charge in [-0.3, -0.25) is 9.55 Å². The molecule has 33 heavy (non-hydrogen) atoms. The summed E-state index contributed by atoms with van der Waals surface area (Å²) in [5, 5.41) is 20.0. The molecule has 0 unspecified atom stereocenters. The highest BCUT2D eigenvalue weighted by molar-refractivity contribution is 7.99. The largest absolute Gasteiger partial charge is 0.497 e. The van der Waals surface area contributed by atoms with Crippen molar-refractivity contribution < 1.29 is 14.6 Å². The van der Waals surface area contributed by atoms with Gasteiger partial charge in [0.15, 0.2) is 11.0 Å². The van der Waals surface area contributed by atoms with Crippen LogP contribution in [0.15, 0.2) is 72.1 Å². The average Bonchev–Trinajstić information content (AvgIpc) is 3.27. The zero-order valence-electron chi connectivity index (χ0n) is 18.8. The molecule has 0 aliphatic heterocycles. The lowest BCUT2D eigenvalue weighted by molar-refractivity contribution is 0.126. The molecule has 0 aliphatic carbocycles. The van der Waals surface area contributed by atoms with Crippen LogP contribution in [0.1, 0.15) is 11.1 Å². The van der Waals surface area contributed by atoms with Crippen molar-refractivity contribution in [1.29, 1.82) is 0 Å². The number of hydrogen-bond acceptors (Lipinski definition) is 7. The average molecular weight is 463 g/mol. The summed E-state index contributed by atoms with van der Waals surface area (Å²) in [5.74, 6) is 2.66. The molecule has 2 aromatic heterocycles. The first-order valence-corrected chi connectivity index (χ1v) is 11.5. The highest BCUT2D eigenvalue weighted by Gasteiger charge is 2.18. The van der Waals surface area contributed by atoms with Crippen LogP contribution in [0.25, 0.3) is 17.1 Å². The Morgan fingerprint density at radius 3 is 2.45 bits per heavy atom. The molecule has 2 heterocycles. The minimum atomic E-state index is -0.666. The van der Waals surface area contributed by atoms with Crippen molar-refractivity contribution in [2.24, 2.45) is 0 Å². The molecule has 0 saturated heterocycles. The maximum atomic E-state index is 10.5. The van der Waals surface area contributed by atoms with Gasteiger partial charge in [0.2, 0.25) is 0 Å². The molecule has 0 bridgehead atoms. The van der Waals surface area contributed by atoms with Gasteiger partial charge in [-0.1, -0.05) is 29.5 Å². The highest BCUT2D eigenvalue weighted by atomic mass is 32.2. The lowest BCUT2D eigenvalue weighted by atomic mass is 10.1. The van der Waals surface area contributed by atoms with Crippen LogP contribution in [-0.2, 0) is 0 Å². The van der Waals surface area contributed by atoms with E-state index in [9.17, 15) is 5.11 Å². The van der Waals surface area contributed by atoms with Gasteiger partial charge in [-0.05, 0) is 61.9 Å². The smallest absolute Gasteiger partial charge is 0.196 e. The van der Waals surface area contributed by atoms with Gasteiger partial charge in [0.05, 0.1) is 13.2 Å². The molecule has 8 heteroatoms. The molecule has 4 aromatic rings. The second kappa shape index (κ2) is 10.5. The van der Waals surface area contributed by atoms with E-state index in [1.807, 2.05) is 66.9 Å². The van der Waals surface area contributed by atoms with Crippen LogP contribution in [0.4, 0.5) is 0 Å². The Bertz CT molecular complexity index is 1200. The molecule has 170 valence electrons. The van der Waals surface area contributed by atoms with Crippen molar-refractivity contribution in [2.45, 2.75) is 25.1 Å². The maximum absolute atomic E-state index is 10.5. The third-order valence-corrected chi connectivity index (χ3v) is 6.14. The summed E-state index contributed by atoms with van der Waals surface area (Å²) in [6, 6.07) is 17.5. The van der Waals surface area contributed by atoms with Gasteiger partial charge >= 0.3 is 0 Å². The van der Waals surface area contributed by atoms with Crippen LogP contribution in [0.2, 0.25) is 0 Å². The standard InChI is InChI=1S/C25H26N4O3S/c1-17-4-9-23(18(2)14-17)32-15-21(30)16-33-25-28-27-24(19-10-12-26-13-11-19)29(25)20-5-7-22(31-3)8-6-20/h4-14,21,30H,15-16H2,1-3H3/t21-/m0/s1.